The van der Waals surface area contributed by atoms with Gasteiger partial charge in [0.2, 0.25) is 0 Å². The van der Waals surface area contributed by atoms with Gasteiger partial charge in [0.05, 0.1) is 23.0 Å². The predicted molar refractivity (Wildman–Crippen MR) is 110 cm³/mol. The Morgan fingerprint density at radius 2 is 2.04 bits per heavy atom. The molecule has 6 nitrogen and oxygen atoms in total. The maximum atomic E-state index is 12.1. The number of H-pyrrole nitrogens is 1. The molecule has 0 aliphatic rings. The number of fused-ring (bicyclic) bond motifs is 2. The molecule has 2 N–H and O–H groups in total. The molecule has 0 fully saturated rings. The van der Waals surface area contributed by atoms with Crippen molar-refractivity contribution in [1.29, 1.82) is 0 Å². The van der Waals surface area contributed by atoms with Crippen LogP contribution in [0.1, 0.15) is 11.3 Å². The SMILES string of the molecule is Cc1c(/C=N\NC(=O)CSc2nc3ccccc3[nH]2)c2ccccc2n1C. The van der Waals surface area contributed by atoms with Crippen molar-refractivity contribution in [2.45, 2.75) is 12.1 Å². The van der Waals surface area contributed by atoms with Gasteiger partial charge in [0.25, 0.3) is 5.91 Å². The van der Waals surface area contributed by atoms with E-state index in [0.717, 1.165) is 38.4 Å². The number of thioether (sulfide) groups is 1. The molecule has 0 radical (unpaired) electrons. The third-order valence-electron chi connectivity index (χ3n) is 4.54. The van der Waals surface area contributed by atoms with Crippen molar-refractivity contribution in [2.75, 3.05) is 5.75 Å². The van der Waals surface area contributed by atoms with Crippen molar-refractivity contribution < 1.29 is 4.79 Å². The third-order valence-corrected chi connectivity index (χ3v) is 5.41. The molecule has 7 heteroatoms. The summed E-state index contributed by atoms with van der Waals surface area (Å²) in [5.41, 5.74) is 7.71. The monoisotopic (exact) mass is 377 g/mol. The van der Waals surface area contributed by atoms with E-state index < -0.39 is 0 Å². The summed E-state index contributed by atoms with van der Waals surface area (Å²) in [5.74, 6) is 0.0701. The quantitative estimate of drug-likeness (QED) is 0.317. The number of nitrogens with one attached hydrogen (secondary N) is 2. The van der Waals surface area contributed by atoms with Gasteiger partial charge < -0.3 is 9.55 Å². The zero-order valence-corrected chi connectivity index (χ0v) is 15.9. The molecule has 0 aliphatic heterocycles. The average Bonchev–Trinajstić information content (AvgIpc) is 3.21. The molecule has 136 valence electrons. The van der Waals surface area contributed by atoms with Crippen LogP contribution in [0.15, 0.2) is 58.8 Å². The van der Waals surface area contributed by atoms with Gasteiger partial charge in [0.1, 0.15) is 0 Å². The molecule has 2 aromatic carbocycles. The largest absolute Gasteiger partial charge is 0.347 e. The van der Waals surface area contributed by atoms with Crippen molar-refractivity contribution in [3.8, 4) is 0 Å². The van der Waals surface area contributed by atoms with Crippen LogP contribution in [0.25, 0.3) is 21.9 Å². The number of aryl methyl sites for hydroxylation is 1. The highest BCUT2D eigenvalue weighted by molar-refractivity contribution is 7.99. The Labute approximate surface area is 160 Å². The Bertz CT molecular complexity index is 1120. The van der Waals surface area contributed by atoms with Crippen molar-refractivity contribution in [2.24, 2.45) is 12.1 Å². The number of hydrogen-bond acceptors (Lipinski definition) is 4. The molecule has 1 amide bonds. The van der Waals surface area contributed by atoms with Gasteiger partial charge in [-0.05, 0) is 25.1 Å². The molecular formula is C20H19N5OS. The minimum absolute atomic E-state index is 0.172. The second-order valence-electron chi connectivity index (χ2n) is 6.22. The summed E-state index contributed by atoms with van der Waals surface area (Å²) in [6.07, 6.45) is 1.71. The van der Waals surface area contributed by atoms with Crippen molar-refractivity contribution >= 4 is 45.8 Å². The number of benzene rings is 2. The fourth-order valence-corrected chi connectivity index (χ4v) is 3.72. The second kappa shape index (κ2) is 7.28. The Morgan fingerprint density at radius 1 is 1.26 bits per heavy atom. The Hall–Kier alpha value is -3.06. The number of carbonyl (C=O) groups is 1. The third kappa shape index (κ3) is 3.46. The number of aromatic amines is 1. The van der Waals surface area contributed by atoms with E-state index in [1.54, 1.807) is 6.21 Å². The number of hydrogen-bond donors (Lipinski definition) is 2. The summed E-state index contributed by atoms with van der Waals surface area (Å²) < 4.78 is 2.12. The second-order valence-corrected chi connectivity index (χ2v) is 7.18. The number of aromatic nitrogens is 3. The normalized spacial score (nSPS) is 11.6. The van der Waals surface area contributed by atoms with Crippen LogP contribution in [0.4, 0.5) is 0 Å². The van der Waals surface area contributed by atoms with E-state index in [0.29, 0.717) is 0 Å². The summed E-state index contributed by atoms with van der Waals surface area (Å²) in [6, 6.07) is 15.9. The summed E-state index contributed by atoms with van der Waals surface area (Å²) in [5, 5.41) is 5.98. The van der Waals surface area contributed by atoms with Gasteiger partial charge in [0, 0.05) is 29.2 Å². The van der Waals surface area contributed by atoms with Crippen LogP contribution in [0, 0.1) is 6.92 Å². The van der Waals surface area contributed by atoms with Gasteiger partial charge in [0.15, 0.2) is 5.16 Å². The molecule has 2 aromatic heterocycles. The highest BCUT2D eigenvalue weighted by Crippen LogP contribution is 2.23. The Morgan fingerprint density at radius 3 is 2.89 bits per heavy atom. The number of imidazole rings is 1. The number of rotatable bonds is 5. The summed E-state index contributed by atoms with van der Waals surface area (Å²) in [6.45, 7) is 2.04. The van der Waals surface area contributed by atoms with Crippen molar-refractivity contribution in [1.82, 2.24) is 20.0 Å². The number of para-hydroxylation sites is 3. The maximum Gasteiger partial charge on any atom is 0.250 e. The van der Waals surface area contributed by atoms with Gasteiger partial charge in [-0.1, -0.05) is 42.1 Å². The van der Waals surface area contributed by atoms with E-state index in [2.05, 4.69) is 37.2 Å². The molecule has 27 heavy (non-hydrogen) atoms. The van der Waals surface area contributed by atoms with Gasteiger partial charge >= 0.3 is 0 Å². The fraction of sp³-hybridized carbons (Fsp3) is 0.150. The summed E-state index contributed by atoms with van der Waals surface area (Å²) in [4.78, 5) is 19.7. The molecule has 0 spiro atoms. The molecule has 2 heterocycles. The summed E-state index contributed by atoms with van der Waals surface area (Å²) >= 11 is 1.35. The topological polar surface area (TPSA) is 75.1 Å². The highest BCUT2D eigenvalue weighted by Gasteiger charge is 2.10. The van der Waals surface area contributed by atoms with Crippen LogP contribution in [0.2, 0.25) is 0 Å². The number of nitrogens with zero attached hydrogens (tertiary/aromatic N) is 3. The van der Waals surface area contributed by atoms with E-state index in [-0.39, 0.29) is 11.7 Å². The smallest absolute Gasteiger partial charge is 0.250 e. The zero-order chi connectivity index (χ0) is 18.8. The number of hydrazone groups is 1. The van der Waals surface area contributed by atoms with Gasteiger partial charge in [-0.2, -0.15) is 5.10 Å². The van der Waals surface area contributed by atoms with Crippen LogP contribution in [0.3, 0.4) is 0 Å². The lowest BCUT2D eigenvalue weighted by molar-refractivity contribution is -0.118. The number of amides is 1. The molecule has 0 saturated heterocycles. The van der Waals surface area contributed by atoms with Gasteiger partial charge in [-0.25, -0.2) is 10.4 Å². The highest BCUT2D eigenvalue weighted by atomic mass is 32.2. The predicted octanol–water partition coefficient (Wildman–Crippen LogP) is 3.61. The maximum absolute atomic E-state index is 12.1. The first kappa shape index (κ1) is 17.4. The summed E-state index contributed by atoms with van der Waals surface area (Å²) in [7, 11) is 2.03. The molecule has 0 aliphatic carbocycles. The van der Waals surface area contributed by atoms with E-state index in [1.807, 2.05) is 50.4 Å². The lowest BCUT2D eigenvalue weighted by atomic mass is 10.1. The fourth-order valence-electron chi connectivity index (χ4n) is 3.05. The van der Waals surface area contributed by atoms with Crippen molar-refractivity contribution in [3.63, 3.8) is 0 Å². The first-order valence-electron chi connectivity index (χ1n) is 8.57. The number of carbonyl (C=O) groups excluding carboxylic acids is 1. The molecule has 0 saturated carbocycles. The minimum atomic E-state index is -0.172. The molecule has 0 atom stereocenters. The van der Waals surface area contributed by atoms with E-state index >= 15 is 0 Å². The zero-order valence-electron chi connectivity index (χ0n) is 15.1. The van der Waals surface area contributed by atoms with Gasteiger partial charge in [-0.3, -0.25) is 4.79 Å². The Balaban J connectivity index is 1.40. The molecule has 0 bridgehead atoms. The van der Waals surface area contributed by atoms with Crippen LogP contribution >= 0.6 is 11.8 Å². The van der Waals surface area contributed by atoms with Crippen LogP contribution in [0.5, 0.6) is 0 Å². The Kier molecular flexibility index (Phi) is 4.68. The lowest BCUT2D eigenvalue weighted by Gasteiger charge is -1.99. The van der Waals surface area contributed by atoms with Crippen LogP contribution in [-0.4, -0.2) is 32.4 Å². The molecule has 0 unspecified atom stereocenters. The van der Waals surface area contributed by atoms with Crippen LogP contribution < -0.4 is 5.43 Å². The molecule has 4 rings (SSSR count). The first-order valence-corrected chi connectivity index (χ1v) is 9.55. The molecule has 4 aromatic rings. The molecular weight excluding hydrogens is 358 g/mol. The van der Waals surface area contributed by atoms with E-state index in [1.165, 1.54) is 11.8 Å². The first-order chi connectivity index (χ1) is 13.1. The van der Waals surface area contributed by atoms with E-state index in [9.17, 15) is 4.79 Å². The van der Waals surface area contributed by atoms with Crippen molar-refractivity contribution in [3.05, 3.63) is 59.8 Å². The van der Waals surface area contributed by atoms with E-state index in [4.69, 9.17) is 0 Å². The lowest BCUT2D eigenvalue weighted by Crippen LogP contribution is -2.19. The van der Waals surface area contributed by atoms with Gasteiger partial charge in [-0.15, -0.1) is 0 Å². The standard InChI is InChI=1S/C20H19N5OS/c1-13-15(14-7-3-6-10-18(14)25(13)2)11-21-24-19(26)12-27-20-22-16-8-4-5-9-17(16)23-20/h3-11H,12H2,1-2H3,(H,22,23)(H,24,26)/b21-11-. The average molecular weight is 377 g/mol. The minimum Gasteiger partial charge on any atom is -0.347 e. The van der Waals surface area contributed by atoms with Crippen LogP contribution in [-0.2, 0) is 11.8 Å².